The molecule has 1 aliphatic heterocycles. The topological polar surface area (TPSA) is 134 Å². The Morgan fingerprint density at radius 3 is 2.33 bits per heavy atom. The van der Waals surface area contributed by atoms with Crippen molar-refractivity contribution in [3.05, 3.63) is 111 Å². The normalized spacial score (nSPS) is 13.9. The number of rotatable bonds is 7. The minimum absolute atomic E-state index is 0.0309. The Morgan fingerprint density at radius 2 is 1.67 bits per heavy atom. The molecule has 1 heterocycles. The number of aliphatic imine (C=N–C) groups is 1. The van der Waals surface area contributed by atoms with Gasteiger partial charge >= 0.3 is 5.97 Å². The van der Waals surface area contributed by atoms with Gasteiger partial charge in [0.05, 0.1) is 29.4 Å². The molecular weight excluding hydrogens is 626 g/mol. The number of carbonyl (C=O) groups is 1. The lowest BCUT2D eigenvalue weighted by atomic mass is 10.2. The van der Waals surface area contributed by atoms with Crippen LogP contribution >= 0.6 is 43.5 Å². The van der Waals surface area contributed by atoms with E-state index < -0.39 is 15.8 Å². The molecular formula is C23H12Br2ClN3O7. The van der Waals surface area contributed by atoms with Crippen molar-refractivity contribution in [3.8, 4) is 5.75 Å². The van der Waals surface area contributed by atoms with Crippen molar-refractivity contribution in [2.24, 2.45) is 4.99 Å². The number of esters is 1. The fourth-order valence-corrected chi connectivity index (χ4v) is 4.84. The van der Waals surface area contributed by atoms with Gasteiger partial charge in [0.25, 0.3) is 11.4 Å². The summed E-state index contributed by atoms with van der Waals surface area (Å²) in [5, 5.41) is 22.2. The van der Waals surface area contributed by atoms with Crippen molar-refractivity contribution in [2.75, 3.05) is 0 Å². The van der Waals surface area contributed by atoms with Gasteiger partial charge in [0.2, 0.25) is 5.90 Å². The van der Waals surface area contributed by atoms with E-state index in [0.29, 0.717) is 25.8 Å². The molecule has 3 aromatic rings. The number of nitro benzene ring substituents is 2. The molecule has 0 unspecified atom stereocenters. The smallest absolute Gasteiger partial charge is 0.363 e. The highest BCUT2D eigenvalue weighted by Crippen LogP contribution is 2.36. The van der Waals surface area contributed by atoms with E-state index >= 15 is 0 Å². The van der Waals surface area contributed by atoms with Crippen LogP contribution in [0.3, 0.4) is 0 Å². The zero-order valence-electron chi connectivity index (χ0n) is 17.8. The summed E-state index contributed by atoms with van der Waals surface area (Å²) in [6, 6.07) is 13.2. The summed E-state index contributed by atoms with van der Waals surface area (Å²) in [5.41, 5.74) is 1.01. The molecule has 0 aromatic heterocycles. The van der Waals surface area contributed by atoms with Crippen LogP contribution in [0.5, 0.6) is 5.75 Å². The monoisotopic (exact) mass is 635 g/mol. The Bertz CT molecular complexity index is 1470. The summed E-state index contributed by atoms with van der Waals surface area (Å²) in [6.07, 6.45) is 1.47. The molecule has 0 radical (unpaired) electrons. The second kappa shape index (κ2) is 10.6. The maximum absolute atomic E-state index is 12.4. The SMILES string of the molecule is O=C1OC(c2cc([N+](=O)[O-])ccc2Cl)=N/C1=C\c1cc(Br)c(OCc2cccc([N+](=O)[O-])c2)c(Br)c1. The predicted molar refractivity (Wildman–Crippen MR) is 138 cm³/mol. The molecule has 182 valence electrons. The van der Waals surface area contributed by atoms with E-state index in [1.165, 1.54) is 36.4 Å². The number of hydrogen-bond donors (Lipinski definition) is 0. The highest BCUT2D eigenvalue weighted by atomic mass is 79.9. The third kappa shape index (κ3) is 5.61. The highest BCUT2D eigenvalue weighted by molar-refractivity contribution is 9.11. The van der Waals surface area contributed by atoms with Gasteiger partial charge in [0, 0.05) is 24.3 Å². The lowest BCUT2D eigenvalue weighted by molar-refractivity contribution is -0.385. The molecule has 4 rings (SSSR count). The molecule has 0 fully saturated rings. The van der Waals surface area contributed by atoms with Crippen molar-refractivity contribution in [1.29, 1.82) is 0 Å². The molecule has 0 saturated carbocycles. The van der Waals surface area contributed by atoms with Gasteiger partial charge in [-0.3, -0.25) is 20.2 Å². The number of non-ortho nitro benzene ring substituents is 2. The maximum Gasteiger partial charge on any atom is 0.363 e. The van der Waals surface area contributed by atoms with Gasteiger partial charge in [-0.05, 0) is 67.3 Å². The minimum atomic E-state index is -0.745. The molecule has 0 bridgehead atoms. The van der Waals surface area contributed by atoms with Crippen molar-refractivity contribution in [3.63, 3.8) is 0 Å². The Kier molecular flexibility index (Phi) is 7.48. The zero-order valence-corrected chi connectivity index (χ0v) is 21.7. The van der Waals surface area contributed by atoms with Crippen molar-refractivity contribution < 1.29 is 24.1 Å². The molecule has 0 atom stereocenters. The molecule has 0 amide bonds. The molecule has 1 aliphatic rings. The molecule has 3 aromatic carbocycles. The third-order valence-corrected chi connectivity index (χ3v) is 6.35. The summed E-state index contributed by atoms with van der Waals surface area (Å²) in [4.78, 5) is 37.5. The van der Waals surface area contributed by atoms with Crippen LogP contribution in [-0.2, 0) is 16.1 Å². The zero-order chi connectivity index (χ0) is 26.0. The lowest BCUT2D eigenvalue weighted by Gasteiger charge is -2.11. The molecule has 0 spiro atoms. The summed E-state index contributed by atoms with van der Waals surface area (Å²) in [5.74, 6) is -0.439. The second-order valence-corrected chi connectivity index (χ2v) is 9.40. The highest BCUT2D eigenvalue weighted by Gasteiger charge is 2.27. The minimum Gasteiger partial charge on any atom is -0.487 e. The van der Waals surface area contributed by atoms with Gasteiger partial charge in [0.1, 0.15) is 12.4 Å². The number of nitro groups is 2. The number of cyclic esters (lactones) is 1. The predicted octanol–water partition coefficient (Wildman–Crippen LogP) is 6.60. The van der Waals surface area contributed by atoms with Crippen LogP contribution in [0.2, 0.25) is 5.02 Å². The standard InChI is InChI=1S/C23H12Br2ClN3O7/c24-17-7-13(8-18(25)21(17)35-11-12-2-1-3-14(6-12)28(31)32)9-20-23(30)36-22(27-20)16-10-15(29(33)34)4-5-19(16)26/h1-10H,11H2/b20-9-. The van der Waals surface area contributed by atoms with Crippen LogP contribution in [0, 0.1) is 20.2 Å². The number of hydrogen-bond acceptors (Lipinski definition) is 8. The first-order valence-electron chi connectivity index (χ1n) is 9.94. The Labute approximate surface area is 224 Å². The van der Waals surface area contributed by atoms with Crippen LogP contribution in [0.15, 0.2) is 74.2 Å². The fourth-order valence-electron chi connectivity index (χ4n) is 3.19. The van der Waals surface area contributed by atoms with Crippen molar-refractivity contribution in [2.45, 2.75) is 6.61 Å². The van der Waals surface area contributed by atoms with Crippen LogP contribution < -0.4 is 4.74 Å². The van der Waals surface area contributed by atoms with Crippen LogP contribution in [0.1, 0.15) is 16.7 Å². The summed E-state index contributed by atoms with van der Waals surface area (Å²) < 4.78 is 12.1. The van der Waals surface area contributed by atoms with Crippen molar-refractivity contribution >= 4 is 72.8 Å². The van der Waals surface area contributed by atoms with Crippen LogP contribution in [0.4, 0.5) is 11.4 Å². The molecule has 0 saturated heterocycles. The van der Waals surface area contributed by atoms with E-state index in [-0.39, 0.29) is 40.2 Å². The summed E-state index contributed by atoms with van der Waals surface area (Å²) >= 11 is 13.0. The van der Waals surface area contributed by atoms with E-state index in [4.69, 9.17) is 21.1 Å². The molecule has 36 heavy (non-hydrogen) atoms. The van der Waals surface area contributed by atoms with Gasteiger partial charge in [0.15, 0.2) is 5.70 Å². The van der Waals surface area contributed by atoms with E-state index in [1.54, 1.807) is 24.3 Å². The summed E-state index contributed by atoms with van der Waals surface area (Å²) in [7, 11) is 0. The molecule has 10 nitrogen and oxygen atoms in total. The summed E-state index contributed by atoms with van der Waals surface area (Å²) in [6.45, 7) is 0.0866. The van der Waals surface area contributed by atoms with Crippen molar-refractivity contribution in [1.82, 2.24) is 0 Å². The van der Waals surface area contributed by atoms with E-state index in [0.717, 1.165) is 0 Å². The Morgan fingerprint density at radius 1 is 1.00 bits per heavy atom. The third-order valence-electron chi connectivity index (χ3n) is 4.84. The first kappa shape index (κ1) is 25.5. The first-order chi connectivity index (χ1) is 17.1. The van der Waals surface area contributed by atoms with Gasteiger partial charge in [-0.25, -0.2) is 9.79 Å². The average molecular weight is 638 g/mol. The number of halogens is 3. The van der Waals surface area contributed by atoms with Crippen LogP contribution in [0.25, 0.3) is 6.08 Å². The Hall–Kier alpha value is -3.61. The average Bonchev–Trinajstić information content (AvgIpc) is 3.18. The molecule has 13 heteroatoms. The van der Waals surface area contributed by atoms with Gasteiger partial charge in [-0.1, -0.05) is 23.7 Å². The van der Waals surface area contributed by atoms with Gasteiger partial charge in [-0.15, -0.1) is 0 Å². The Balaban J connectivity index is 1.57. The molecule has 0 N–H and O–H groups in total. The van der Waals surface area contributed by atoms with E-state index in [2.05, 4.69) is 36.9 Å². The number of ether oxygens (including phenoxy) is 2. The fraction of sp³-hybridized carbons (Fsp3) is 0.0435. The molecule has 0 aliphatic carbocycles. The lowest BCUT2D eigenvalue weighted by Crippen LogP contribution is -2.06. The van der Waals surface area contributed by atoms with Gasteiger partial charge < -0.3 is 9.47 Å². The van der Waals surface area contributed by atoms with E-state index in [9.17, 15) is 25.0 Å². The number of nitrogens with zero attached hydrogens (tertiary/aromatic N) is 3. The number of benzene rings is 3. The number of carbonyl (C=O) groups excluding carboxylic acids is 1. The van der Waals surface area contributed by atoms with E-state index in [1.807, 2.05) is 0 Å². The quantitative estimate of drug-likeness (QED) is 0.123. The first-order valence-corrected chi connectivity index (χ1v) is 11.9. The van der Waals surface area contributed by atoms with Crippen LogP contribution in [-0.4, -0.2) is 21.7 Å². The maximum atomic E-state index is 12.4. The second-order valence-electron chi connectivity index (χ2n) is 7.29. The largest absolute Gasteiger partial charge is 0.487 e. The van der Waals surface area contributed by atoms with Gasteiger partial charge in [-0.2, -0.15) is 0 Å².